The lowest BCUT2D eigenvalue weighted by atomic mass is 9.95. The molecule has 2 aromatic heterocycles. The van der Waals surface area contributed by atoms with Crippen molar-refractivity contribution in [2.75, 3.05) is 0 Å². The van der Waals surface area contributed by atoms with Gasteiger partial charge >= 0.3 is 5.97 Å². The van der Waals surface area contributed by atoms with Crippen molar-refractivity contribution >= 4 is 17.1 Å². The maximum Gasteiger partial charge on any atom is 0.306 e. The summed E-state index contributed by atoms with van der Waals surface area (Å²) >= 11 is 0. The summed E-state index contributed by atoms with van der Waals surface area (Å²) in [6, 6.07) is 10.9. The van der Waals surface area contributed by atoms with E-state index in [4.69, 9.17) is 9.52 Å². The number of rotatable bonds is 4. The molecule has 5 nitrogen and oxygen atoms in total. The Morgan fingerprint density at radius 2 is 2.10 bits per heavy atom. The predicted octanol–water partition coefficient (Wildman–Crippen LogP) is 3.00. The Labute approximate surface area is 120 Å². The quantitative estimate of drug-likeness (QED) is 0.769. The Hall–Kier alpha value is -2.66. The Balaban J connectivity index is 2.07. The number of benzene rings is 1. The van der Waals surface area contributed by atoms with Crippen molar-refractivity contribution in [2.24, 2.45) is 0 Å². The third-order valence-corrected chi connectivity index (χ3v) is 3.30. The zero-order valence-corrected chi connectivity index (χ0v) is 11.1. The minimum Gasteiger partial charge on any atom is -0.481 e. The number of aromatic nitrogens is 1. The van der Waals surface area contributed by atoms with Crippen molar-refractivity contribution in [3.63, 3.8) is 0 Å². The van der Waals surface area contributed by atoms with Gasteiger partial charge < -0.3 is 14.6 Å². The first-order valence-corrected chi connectivity index (χ1v) is 6.47. The molecule has 21 heavy (non-hydrogen) atoms. The monoisotopic (exact) mass is 283 g/mol. The highest BCUT2D eigenvalue weighted by molar-refractivity contribution is 5.81. The van der Waals surface area contributed by atoms with Crippen LogP contribution in [0.15, 0.2) is 53.3 Å². The van der Waals surface area contributed by atoms with Crippen LogP contribution >= 0.6 is 0 Å². The molecule has 1 atom stereocenters. The maximum atomic E-state index is 10.8. The molecule has 0 amide bonds. The molecule has 2 heterocycles. The van der Waals surface area contributed by atoms with E-state index in [1.807, 2.05) is 24.3 Å². The van der Waals surface area contributed by atoms with Crippen LogP contribution in [0.1, 0.15) is 18.1 Å². The molecule has 2 N–H and O–H groups in total. The fourth-order valence-corrected chi connectivity index (χ4v) is 2.33. The van der Waals surface area contributed by atoms with Crippen LogP contribution in [0.2, 0.25) is 0 Å². The van der Waals surface area contributed by atoms with Gasteiger partial charge in [-0.05, 0) is 23.3 Å². The lowest BCUT2D eigenvalue weighted by molar-refractivity contribution is -0.139. The Bertz CT molecular complexity index is 794. The fourth-order valence-electron chi connectivity index (χ4n) is 2.33. The third kappa shape index (κ3) is 2.64. The number of aliphatic carboxylic acids is 1. The van der Waals surface area contributed by atoms with Crippen LogP contribution in [-0.4, -0.2) is 21.2 Å². The number of furan rings is 1. The Morgan fingerprint density at radius 1 is 1.29 bits per heavy atom. The zero-order valence-electron chi connectivity index (χ0n) is 11.1. The number of hydrogen-bond acceptors (Lipinski definition) is 4. The van der Waals surface area contributed by atoms with E-state index in [0.717, 1.165) is 16.5 Å². The summed E-state index contributed by atoms with van der Waals surface area (Å²) in [5.41, 5.74) is 2.69. The molecular formula is C16H13NO4. The topological polar surface area (TPSA) is 83.6 Å². The van der Waals surface area contributed by atoms with E-state index in [-0.39, 0.29) is 6.42 Å². The van der Waals surface area contributed by atoms with Gasteiger partial charge in [-0.1, -0.05) is 24.3 Å². The standard InChI is InChI=1S/C16H13NO4/c18-14(8-15(19)20)13-4-2-1-3-12(13)11-7-10-5-6-21-16(10)17-9-11/h1-7,9,14,18H,8H2,(H,19,20). The van der Waals surface area contributed by atoms with Crippen LogP contribution in [0.25, 0.3) is 22.2 Å². The number of carboxylic acid groups (broad SMARTS) is 1. The Morgan fingerprint density at radius 3 is 2.90 bits per heavy atom. The van der Waals surface area contributed by atoms with Gasteiger partial charge in [0, 0.05) is 17.1 Å². The molecule has 0 saturated carbocycles. The Kier molecular flexibility index (Phi) is 3.41. The van der Waals surface area contributed by atoms with Crippen molar-refractivity contribution in [3.8, 4) is 11.1 Å². The minimum atomic E-state index is -1.06. The van der Waals surface area contributed by atoms with Crippen LogP contribution < -0.4 is 0 Å². The van der Waals surface area contributed by atoms with Gasteiger partial charge in [0.25, 0.3) is 0 Å². The zero-order chi connectivity index (χ0) is 14.8. The molecule has 0 radical (unpaired) electrons. The van der Waals surface area contributed by atoms with Crippen molar-refractivity contribution in [2.45, 2.75) is 12.5 Å². The molecule has 1 unspecified atom stereocenters. The predicted molar refractivity (Wildman–Crippen MR) is 76.7 cm³/mol. The van der Waals surface area contributed by atoms with Crippen molar-refractivity contribution in [1.29, 1.82) is 0 Å². The molecule has 0 aliphatic rings. The van der Waals surface area contributed by atoms with Gasteiger partial charge in [-0.15, -0.1) is 0 Å². The summed E-state index contributed by atoms with van der Waals surface area (Å²) in [5, 5.41) is 19.8. The van der Waals surface area contributed by atoms with Gasteiger partial charge in [-0.25, -0.2) is 4.98 Å². The second-order valence-electron chi connectivity index (χ2n) is 4.74. The normalized spacial score (nSPS) is 12.4. The lowest BCUT2D eigenvalue weighted by Crippen LogP contribution is -2.06. The molecule has 0 fully saturated rings. The molecule has 1 aromatic carbocycles. The number of pyridine rings is 1. The first kappa shape index (κ1) is 13.3. The van der Waals surface area contributed by atoms with Crippen LogP contribution in [0.5, 0.6) is 0 Å². The number of hydrogen-bond donors (Lipinski definition) is 2. The van der Waals surface area contributed by atoms with Gasteiger partial charge in [0.05, 0.1) is 18.8 Å². The van der Waals surface area contributed by atoms with Crippen molar-refractivity contribution in [1.82, 2.24) is 4.98 Å². The van der Waals surface area contributed by atoms with Crippen LogP contribution in [0, 0.1) is 0 Å². The molecule has 106 valence electrons. The summed E-state index contributed by atoms with van der Waals surface area (Å²) in [7, 11) is 0. The molecule has 0 aliphatic heterocycles. The molecule has 3 rings (SSSR count). The van der Waals surface area contributed by atoms with E-state index >= 15 is 0 Å². The highest BCUT2D eigenvalue weighted by Crippen LogP contribution is 2.31. The van der Waals surface area contributed by atoms with Crippen LogP contribution in [0.3, 0.4) is 0 Å². The van der Waals surface area contributed by atoms with Crippen LogP contribution in [-0.2, 0) is 4.79 Å². The molecule has 0 aliphatic carbocycles. The smallest absolute Gasteiger partial charge is 0.306 e. The molecule has 0 spiro atoms. The SMILES string of the molecule is O=C(O)CC(O)c1ccccc1-c1cnc2occc2c1. The molecular weight excluding hydrogens is 270 g/mol. The number of carboxylic acids is 1. The first-order valence-electron chi connectivity index (χ1n) is 6.47. The van der Waals surface area contributed by atoms with Gasteiger partial charge in [0.2, 0.25) is 5.71 Å². The molecule has 0 bridgehead atoms. The average Bonchev–Trinajstić information content (AvgIpc) is 2.94. The third-order valence-electron chi connectivity index (χ3n) is 3.30. The van der Waals surface area contributed by atoms with E-state index in [2.05, 4.69) is 4.98 Å². The molecule has 5 heteroatoms. The van der Waals surface area contributed by atoms with Crippen LogP contribution in [0.4, 0.5) is 0 Å². The average molecular weight is 283 g/mol. The van der Waals surface area contributed by atoms with E-state index in [1.165, 1.54) is 0 Å². The summed E-state index contributed by atoms with van der Waals surface area (Å²) in [4.78, 5) is 15.0. The first-order chi connectivity index (χ1) is 10.1. The summed E-state index contributed by atoms with van der Waals surface area (Å²) in [5.74, 6) is -1.04. The molecule has 0 saturated heterocycles. The fraction of sp³-hybridized carbons (Fsp3) is 0.125. The number of aliphatic hydroxyl groups excluding tert-OH is 1. The van der Waals surface area contributed by atoms with E-state index < -0.39 is 12.1 Å². The van der Waals surface area contributed by atoms with Gasteiger partial charge in [0.1, 0.15) is 0 Å². The van der Waals surface area contributed by atoms with Crippen molar-refractivity contribution in [3.05, 3.63) is 54.4 Å². The number of nitrogens with zero attached hydrogens (tertiary/aromatic N) is 1. The number of aliphatic hydroxyl groups is 1. The molecule has 3 aromatic rings. The lowest BCUT2D eigenvalue weighted by Gasteiger charge is -2.14. The highest BCUT2D eigenvalue weighted by atomic mass is 16.4. The van der Waals surface area contributed by atoms with Gasteiger partial charge in [0.15, 0.2) is 0 Å². The van der Waals surface area contributed by atoms with Gasteiger partial charge in [-0.3, -0.25) is 4.79 Å². The largest absolute Gasteiger partial charge is 0.481 e. The van der Waals surface area contributed by atoms with E-state index in [1.54, 1.807) is 24.6 Å². The second kappa shape index (κ2) is 5.38. The maximum absolute atomic E-state index is 10.8. The summed E-state index contributed by atoms with van der Waals surface area (Å²) in [6.07, 6.45) is 1.82. The van der Waals surface area contributed by atoms with Crippen molar-refractivity contribution < 1.29 is 19.4 Å². The number of carbonyl (C=O) groups is 1. The summed E-state index contributed by atoms with van der Waals surface area (Å²) in [6.45, 7) is 0. The minimum absolute atomic E-state index is 0.335. The summed E-state index contributed by atoms with van der Waals surface area (Å²) < 4.78 is 5.20. The second-order valence-corrected chi connectivity index (χ2v) is 4.74. The number of fused-ring (bicyclic) bond motifs is 1. The van der Waals surface area contributed by atoms with Gasteiger partial charge in [-0.2, -0.15) is 0 Å². The highest BCUT2D eigenvalue weighted by Gasteiger charge is 2.17. The van der Waals surface area contributed by atoms with E-state index in [9.17, 15) is 9.90 Å². The van der Waals surface area contributed by atoms with E-state index in [0.29, 0.717) is 11.3 Å².